The molecule has 7 nitrogen and oxygen atoms in total. The van der Waals surface area contributed by atoms with Crippen LogP contribution in [0.5, 0.6) is 0 Å². The average molecular weight is 285 g/mol. The quantitative estimate of drug-likeness (QED) is 0.352. The molecule has 0 rings (SSSR count). The number of carbonyl (C=O) groups excluding carboxylic acids is 2. The Morgan fingerprint density at radius 3 is 1.31 bits per heavy atom. The zero-order chi connectivity index (χ0) is 12.7. The van der Waals surface area contributed by atoms with Gasteiger partial charge in [-0.2, -0.15) is 0 Å². The van der Waals surface area contributed by atoms with Crippen LogP contribution in [-0.2, 0) is 26.7 Å². The van der Waals surface area contributed by atoms with Crippen molar-refractivity contribution in [3.63, 3.8) is 0 Å². The minimum Gasteiger partial charge on any atom is -0.550 e. The van der Waals surface area contributed by atoms with Gasteiger partial charge in [-0.15, -0.1) is 0 Å². The maximum absolute atomic E-state index is 8.89. The normalized spacial score (nSPS) is 7.25. The second-order valence-corrected chi connectivity index (χ2v) is 2.31. The van der Waals surface area contributed by atoms with Crippen LogP contribution in [0.25, 0.3) is 0 Å². The van der Waals surface area contributed by atoms with Crippen LogP contribution in [0.3, 0.4) is 0 Å². The maximum atomic E-state index is 8.89. The molecule has 0 aliphatic carbocycles. The zero-order valence-electron chi connectivity index (χ0n) is 9.42. The number of nitrogens with two attached hydrogens (primary N) is 2. The van der Waals surface area contributed by atoms with Crippen molar-refractivity contribution in [2.24, 2.45) is 11.5 Å². The van der Waals surface area contributed by atoms with Crippen molar-refractivity contribution in [1.29, 1.82) is 0 Å². The second kappa shape index (κ2) is 23.9. The Morgan fingerprint density at radius 2 is 1.19 bits per heavy atom. The van der Waals surface area contributed by atoms with Crippen LogP contribution >= 0.6 is 0 Å². The molecule has 0 saturated carbocycles. The predicted octanol–water partition coefficient (Wildman–Crippen LogP) is -4.00. The number of hydrogen-bond donors (Lipinski definition) is 3. The van der Waals surface area contributed by atoms with E-state index in [-0.39, 0.29) is 17.1 Å². The molecule has 0 aliphatic heterocycles. The van der Waals surface area contributed by atoms with E-state index in [1.807, 2.05) is 0 Å². The Hall–Kier alpha value is -0.661. The van der Waals surface area contributed by atoms with E-state index in [1.54, 1.807) is 0 Å². The Morgan fingerprint density at radius 1 is 1.00 bits per heavy atom. The first-order valence-corrected chi connectivity index (χ1v) is 4.34. The monoisotopic (exact) mass is 284 g/mol. The number of rotatable bonds is 4. The molecule has 0 fully saturated rings. The van der Waals surface area contributed by atoms with Crippen LogP contribution in [-0.4, -0.2) is 38.1 Å². The number of nitrogens with one attached hydrogen (secondary N) is 1. The van der Waals surface area contributed by atoms with Gasteiger partial charge in [0.2, 0.25) is 0 Å². The Balaban J connectivity index is -0.0000000700. The first-order valence-electron chi connectivity index (χ1n) is 4.34. The van der Waals surface area contributed by atoms with Crippen molar-refractivity contribution in [2.45, 2.75) is 13.8 Å². The summed E-state index contributed by atoms with van der Waals surface area (Å²) in [6.07, 6.45) is 0. The van der Waals surface area contributed by atoms with Gasteiger partial charge in [-0.05, 0) is 13.8 Å². The molecule has 101 valence electrons. The minimum absolute atomic E-state index is 0. The van der Waals surface area contributed by atoms with E-state index < -0.39 is 11.9 Å². The largest absolute Gasteiger partial charge is 2.00 e. The van der Waals surface area contributed by atoms with Crippen molar-refractivity contribution < 1.29 is 36.9 Å². The number of carboxylic acids is 2. The third-order valence-electron chi connectivity index (χ3n) is 0.642. The summed E-state index contributed by atoms with van der Waals surface area (Å²) in [7, 11) is 0. The van der Waals surface area contributed by atoms with E-state index in [0.29, 0.717) is 13.1 Å². The van der Waals surface area contributed by atoms with Gasteiger partial charge in [-0.3, -0.25) is 0 Å². The van der Waals surface area contributed by atoms with E-state index in [2.05, 4.69) is 5.32 Å². The summed E-state index contributed by atoms with van der Waals surface area (Å²) in [6.45, 7) is 5.08. The Labute approximate surface area is 106 Å². The van der Waals surface area contributed by atoms with E-state index in [9.17, 15) is 0 Å². The third-order valence-corrected chi connectivity index (χ3v) is 0.642. The van der Waals surface area contributed by atoms with Crippen molar-refractivity contribution in [2.75, 3.05) is 26.2 Å². The molecule has 0 bridgehead atoms. The molecular weight excluding hydrogens is 266 g/mol. The topological polar surface area (TPSA) is 144 Å². The summed E-state index contributed by atoms with van der Waals surface area (Å²) in [5.74, 6) is -2.17. The maximum Gasteiger partial charge on any atom is 2.00 e. The van der Waals surface area contributed by atoms with Crippen molar-refractivity contribution in [3.05, 3.63) is 0 Å². The molecule has 0 atom stereocenters. The van der Waals surface area contributed by atoms with Crippen molar-refractivity contribution in [1.82, 2.24) is 5.32 Å². The van der Waals surface area contributed by atoms with Gasteiger partial charge in [0, 0.05) is 38.1 Å². The van der Waals surface area contributed by atoms with Crippen LogP contribution in [0.4, 0.5) is 0 Å². The fraction of sp³-hybridized carbons (Fsp3) is 0.750. The fourth-order valence-electron chi connectivity index (χ4n) is 0.329. The number of hydrogen-bond acceptors (Lipinski definition) is 7. The molecule has 0 saturated heterocycles. The summed E-state index contributed by atoms with van der Waals surface area (Å²) in [5.41, 5.74) is 10.3. The Bertz CT molecular complexity index is 134. The zero-order valence-corrected chi connectivity index (χ0v) is 10.4. The van der Waals surface area contributed by atoms with Gasteiger partial charge in [-0.1, -0.05) is 0 Å². The Kier molecular flexibility index (Phi) is 36.6. The fourth-order valence-corrected chi connectivity index (χ4v) is 0.329. The molecule has 0 heterocycles. The van der Waals surface area contributed by atoms with Crippen molar-refractivity contribution in [3.8, 4) is 0 Å². The molecule has 0 aliphatic rings. The SMILES string of the molecule is CC(=O)[O-].CC(=O)[O-].NCCNCCN.[Cu+2]. The molecule has 0 aromatic heterocycles. The molecule has 1 radical (unpaired) electrons. The van der Waals surface area contributed by atoms with Crippen LogP contribution < -0.4 is 27.0 Å². The van der Waals surface area contributed by atoms with Gasteiger partial charge in [0.15, 0.2) is 0 Å². The molecule has 0 spiro atoms. The predicted molar refractivity (Wildman–Crippen MR) is 52.3 cm³/mol. The average Bonchev–Trinajstić information content (AvgIpc) is 2.03. The van der Waals surface area contributed by atoms with Gasteiger partial charge in [0.25, 0.3) is 0 Å². The standard InChI is InChI=1S/C4H13N3.2C2H4O2.Cu/c5-1-3-7-4-2-6;2*1-2(3)4;/h7H,1-6H2;2*1H3,(H,3,4);/q;;;+2/p-2. The van der Waals surface area contributed by atoms with Crippen LogP contribution in [0.2, 0.25) is 0 Å². The summed E-state index contributed by atoms with van der Waals surface area (Å²) < 4.78 is 0. The molecule has 5 N–H and O–H groups in total. The first-order chi connectivity index (χ1) is 6.88. The minimum atomic E-state index is -1.08. The van der Waals surface area contributed by atoms with Gasteiger partial charge < -0.3 is 36.6 Å². The van der Waals surface area contributed by atoms with E-state index in [4.69, 9.17) is 31.3 Å². The van der Waals surface area contributed by atoms with Gasteiger partial charge in [-0.25, -0.2) is 0 Å². The van der Waals surface area contributed by atoms with Gasteiger partial charge in [0.1, 0.15) is 0 Å². The van der Waals surface area contributed by atoms with E-state index >= 15 is 0 Å². The number of carbonyl (C=O) groups is 2. The van der Waals surface area contributed by atoms with E-state index in [1.165, 1.54) is 0 Å². The number of carboxylic acid groups (broad SMARTS) is 2. The summed E-state index contributed by atoms with van der Waals surface area (Å²) >= 11 is 0. The summed E-state index contributed by atoms with van der Waals surface area (Å²) in [4.78, 5) is 17.8. The molecule has 8 heteroatoms. The summed E-state index contributed by atoms with van der Waals surface area (Å²) in [6, 6.07) is 0. The van der Waals surface area contributed by atoms with Crippen LogP contribution in [0.15, 0.2) is 0 Å². The second-order valence-electron chi connectivity index (χ2n) is 2.31. The smallest absolute Gasteiger partial charge is 0.550 e. The van der Waals surface area contributed by atoms with Crippen molar-refractivity contribution >= 4 is 11.9 Å². The van der Waals surface area contributed by atoms with Gasteiger partial charge >= 0.3 is 17.1 Å². The number of aliphatic carboxylic acids is 2. The molecule has 0 amide bonds. The molecule has 16 heavy (non-hydrogen) atoms. The molecule has 0 unspecified atom stereocenters. The molecule has 0 aromatic carbocycles. The van der Waals surface area contributed by atoms with Crippen LogP contribution in [0.1, 0.15) is 13.8 Å². The third kappa shape index (κ3) is 182. The molecular formula is C8H19CuN3O4. The molecule has 0 aromatic rings. The van der Waals surface area contributed by atoms with Crippen LogP contribution in [0, 0.1) is 0 Å². The van der Waals surface area contributed by atoms with E-state index in [0.717, 1.165) is 26.9 Å². The van der Waals surface area contributed by atoms with Gasteiger partial charge in [0.05, 0.1) is 0 Å². The summed E-state index contributed by atoms with van der Waals surface area (Å²) in [5, 5.41) is 20.8. The first kappa shape index (κ1) is 24.5.